The Balaban J connectivity index is 0.00000385. The van der Waals surface area contributed by atoms with Gasteiger partial charge in [-0.3, -0.25) is 0 Å². The summed E-state index contributed by atoms with van der Waals surface area (Å²) < 4.78 is 30.7. The van der Waals surface area contributed by atoms with E-state index >= 15 is 0 Å². The minimum absolute atomic E-state index is 0. The van der Waals surface area contributed by atoms with Crippen LogP contribution >= 0.6 is 24.0 Å². The van der Waals surface area contributed by atoms with E-state index in [9.17, 15) is 13.9 Å². The lowest BCUT2D eigenvalue weighted by atomic mass is 10.1. The summed E-state index contributed by atoms with van der Waals surface area (Å²) in [5.74, 6) is 0.598. The van der Waals surface area contributed by atoms with Crippen LogP contribution in [-0.4, -0.2) is 40.5 Å². The average molecular weight is 571 g/mol. The third-order valence-electron chi connectivity index (χ3n) is 4.67. The molecule has 2 aromatic carbocycles. The number of rotatable bonds is 9. The van der Waals surface area contributed by atoms with E-state index in [2.05, 4.69) is 25.5 Å². The van der Waals surface area contributed by atoms with Crippen molar-refractivity contribution in [1.29, 1.82) is 0 Å². The second-order valence-corrected chi connectivity index (χ2v) is 7.07. The zero-order chi connectivity index (χ0) is 22.9. The van der Waals surface area contributed by atoms with Crippen LogP contribution in [0.3, 0.4) is 0 Å². The lowest BCUT2D eigenvalue weighted by Gasteiger charge is -2.16. The molecule has 0 amide bonds. The van der Waals surface area contributed by atoms with Crippen LogP contribution in [0, 0.1) is 6.92 Å². The van der Waals surface area contributed by atoms with Gasteiger partial charge < -0.3 is 20.5 Å². The molecule has 0 saturated carbocycles. The number of aromatic nitrogens is 2. The van der Waals surface area contributed by atoms with Gasteiger partial charge in [0.2, 0.25) is 0 Å². The molecular formula is C23H28F2IN5O2. The van der Waals surface area contributed by atoms with Gasteiger partial charge in [-0.15, -0.1) is 24.0 Å². The molecule has 10 heteroatoms. The van der Waals surface area contributed by atoms with Gasteiger partial charge in [-0.1, -0.05) is 30.3 Å². The van der Waals surface area contributed by atoms with Gasteiger partial charge in [0.05, 0.1) is 24.0 Å². The van der Waals surface area contributed by atoms with Gasteiger partial charge >= 0.3 is 6.61 Å². The third kappa shape index (κ3) is 7.97. The van der Waals surface area contributed by atoms with Crippen molar-refractivity contribution >= 4 is 29.9 Å². The molecule has 1 atom stereocenters. The highest BCUT2D eigenvalue weighted by Gasteiger charge is 2.11. The number of aryl methyl sites for hydroxylation is 1. The van der Waals surface area contributed by atoms with Gasteiger partial charge in [-0.25, -0.2) is 9.67 Å². The highest BCUT2D eigenvalue weighted by molar-refractivity contribution is 14.0. The zero-order valence-corrected chi connectivity index (χ0v) is 20.7. The van der Waals surface area contributed by atoms with Gasteiger partial charge in [0, 0.05) is 19.3 Å². The Morgan fingerprint density at radius 1 is 1.12 bits per heavy atom. The second kappa shape index (κ2) is 13.1. The van der Waals surface area contributed by atoms with E-state index in [0.717, 1.165) is 16.9 Å². The lowest BCUT2D eigenvalue weighted by molar-refractivity contribution is -0.0498. The fourth-order valence-corrected chi connectivity index (χ4v) is 3.11. The number of benzene rings is 2. The molecule has 0 fully saturated rings. The highest BCUT2D eigenvalue weighted by Crippen LogP contribution is 2.19. The van der Waals surface area contributed by atoms with Crippen LogP contribution in [0.5, 0.6) is 5.75 Å². The molecule has 178 valence electrons. The maximum Gasteiger partial charge on any atom is 0.387 e. The minimum atomic E-state index is -2.88. The molecule has 3 aromatic rings. The first kappa shape index (κ1) is 26.5. The number of hydrogen-bond donors (Lipinski definition) is 3. The van der Waals surface area contributed by atoms with Crippen LogP contribution < -0.4 is 15.4 Å². The Kier molecular flexibility index (Phi) is 10.5. The van der Waals surface area contributed by atoms with E-state index in [1.54, 1.807) is 12.1 Å². The Labute approximate surface area is 208 Å². The first-order chi connectivity index (χ1) is 15.5. The lowest BCUT2D eigenvalue weighted by Crippen LogP contribution is -2.39. The molecule has 0 aliphatic heterocycles. The summed E-state index contributed by atoms with van der Waals surface area (Å²) in [6, 6.07) is 15.7. The fraction of sp³-hybridized carbons (Fsp3) is 0.304. The maximum atomic E-state index is 12.3. The Morgan fingerprint density at radius 3 is 2.48 bits per heavy atom. The number of nitrogens with one attached hydrogen (secondary N) is 2. The van der Waals surface area contributed by atoms with Gasteiger partial charge in [0.25, 0.3) is 0 Å². The molecule has 0 aliphatic rings. The maximum absolute atomic E-state index is 12.3. The number of alkyl halides is 2. The van der Waals surface area contributed by atoms with Gasteiger partial charge in [0.1, 0.15) is 5.75 Å². The van der Waals surface area contributed by atoms with Crippen LogP contribution in [0.2, 0.25) is 0 Å². The van der Waals surface area contributed by atoms with E-state index < -0.39 is 12.7 Å². The second-order valence-electron chi connectivity index (χ2n) is 7.07. The van der Waals surface area contributed by atoms with E-state index in [0.29, 0.717) is 24.6 Å². The smallest absolute Gasteiger partial charge is 0.387 e. The van der Waals surface area contributed by atoms with E-state index in [4.69, 9.17) is 0 Å². The number of aliphatic hydroxyl groups is 1. The Morgan fingerprint density at radius 2 is 1.85 bits per heavy atom. The largest absolute Gasteiger partial charge is 0.435 e. The summed E-state index contributed by atoms with van der Waals surface area (Å²) in [6.07, 6.45) is 1.06. The first-order valence-electron chi connectivity index (χ1n) is 10.3. The molecule has 1 unspecified atom stereocenters. The van der Waals surface area contributed by atoms with Gasteiger partial charge in [-0.05, 0) is 49.2 Å². The quantitative estimate of drug-likeness (QED) is 0.204. The van der Waals surface area contributed by atoms with Crippen LogP contribution in [0.25, 0.3) is 5.69 Å². The molecule has 33 heavy (non-hydrogen) atoms. The summed E-state index contributed by atoms with van der Waals surface area (Å²) >= 11 is 0. The van der Waals surface area contributed by atoms with E-state index in [-0.39, 0.29) is 36.3 Å². The number of hydrogen-bond acceptors (Lipinski definition) is 4. The van der Waals surface area contributed by atoms with Crippen molar-refractivity contribution in [2.45, 2.75) is 33.1 Å². The van der Waals surface area contributed by atoms with Crippen molar-refractivity contribution in [3.63, 3.8) is 0 Å². The molecule has 1 aromatic heterocycles. The predicted octanol–water partition coefficient (Wildman–Crippen LogP) is 4.19. The molecule has 0 saturated heterocycles. The number of ether oxygens (including phenoxy) is 1. The van der Waals surface area contributed by atoms with Crippen LogP contribution in [-0.2, 0) is 6.54 Å². The monoisotopic (exact) mass is 571 g/mol. The van der Waals surface area contributed by atoms with Crippen LogP contribution in [0.15, 0.2) is 65.8 Å². The molecule has 0 spiro atoms. The van der Waals surface area contributed by atoms with E-state index in [1.165, 1.54) is 12.1 Å². The number of nitrogens with zero attached hydrogens (tertiary/aromatic N) is 3. The number of guanidine groups is 1. The molecule has 0 aliphatic carbocycles. The Bertz CT molecular complexity index is 1030. The minimum Gasteiger partial charge on any atom is -0.435 e. The van der Waals surface area contributed by atoms with Crippen molar-refractivity contribution < 1.29 is 18.6 Å². The summed E-state index contributed by atoms with van der Waals surface area (Å²) in [4.78, 5) is 4.63. The van der Waals surface area contributed by atoms with Crippen LogP contribution in [0.4, 0.5) is 8.78 Å². The SMILES string of the molecule is CCNC(=NCc1ccccc1-n1ccc(C)n1)NCC(O)c1ccc(OC(F)F)cc1.I. The molecule has 0 bridgehead atoms. The predicted molar refractivity (Wildman–Crippen MR) is 135 cm³/mol. The first-order valence-corrected chi connectivity index (χ1v) is 10.3. The molecule has 1 heterocycles. The van der Waals surface area contributed by atoms with Gasteiger partial charge in [-0.2, -0.15) is 13.9 Å². The number of halogens is 3. The summed E-state index contributed by atoms with van der Waals surface area (Å²) in [5, 5.41) is 21.2. The molecule has 3 rings (SSSR count). The highest BCUT2D eigenvalue weighted by atomic mass is 127. The average Bonchev–Trinajstić information content (AvgIpc) is 3.22. The summed E-state index contributed by atoms with van der Waals surface area (Å²) in [6.45, 7) is 2.28. The van der Waals surface area contributed by atoms with Crippen molar-refractivity contribution in [2.75, 3.05) is 13.1 Å². The molecule has 3 N–H and O–H groups in total. The van der Waals surface area contributed by atoms with Crippen molar-refractivity contribution in [2.24, 2.45) is 4.99 Å². The van der Waals surface area contributed by atoms with Crippen molar-refractivity contribution in [3.05, 3.63) is 77.6 Å². The normalized spacial score (nSPS) is 12.2. The molecule has 0 radical (unpaired) electrons. The topological polar surface area (TPSA) is 83.7 Å². The summed E-state index contributed by atoms with van der Waals surface area (Å²) in [5.41, 5.74) is 3.46. The fourth-order valence-electron chi connectivity index (χ4n) is 3.11. The number of aliphatic imine (C=N–C) groups is 1. The van der Waals surface area contributed by atoms with E-state index in [1.807, 2.05) is 55.1 Å². The van der Waals surface area contributed by atoms with Crippen LogP contribution in [0.1, 0.15) is 29.8 Å². The summed E-state index contributed by atoms with van der Waals surface area (Å²) in [7, 11) is 0. The molecule has 7 nitrogen and oxygen atoms in total. The number of aliphatic hydroxyl groups excluding tert-OH is 1. The third-order valence-corrected chi connectivity index (χ3v) is 4.67. The Hall–Kier alpha value is -2.73. The number of para-hydroxylation sites is 1. The zero-order valence-electron chi connectivity index (χ0n) is 18.4. The standard InChI is InChI=1S/C23H27F2N5O2.HI/c1-3-26-23(28-15-21(31)17-8-10-19(11-9-17)32-22(24)25)27-14-18-6-4-5-7-20(18)30-13-12-16(2)29-30;/h4-13,21-22,31H,3,14-15H2,1-2H3,(H2,26,27,28);1H. The van der Waals surface area contributed by atoms with Crippen molar-refractivity contribution in [1.82, 2.24) is 20.4 Å². The molecular weight excluding hydrogens is 543 g/mol. The van der Waals surface area contributed by atoms with Crippen molar-refractivity contribution in [3.8, 4) is 11.4 Å². The van der Waals surface area contributed by atoms with Gasteiger partial charge in [0.15, 0.2) is 5.96 Å².